The van der Waals surface area contributed by atoms with Gasteiger partial charge in [-0.05, 0) is 167 Å². The molecule has 0 bridgehead atoms. The Hall–Kier alpha value is -4.64. The second kappa shape index (κ2) is 78.0. The number of aldehydes is 1. The lowest BCUT2D eigenvalue weighted by molar-refractivity contribution is -0.161. The van der Waals surface area contributed by atoms with Crippen molar-refractivity contribution < 1.29 is 80.2 Å². The topological polar surface area (TPSA) is 237 Å². The van der Waals surface area contributed by atoms with Gasteiger partial charge in [-0.2, -0.15) is 0 Å². The molecule has 0 aromatic carbocycles. The van der Waals surface area contributed by atoms with Gasteiger partial charge in [-0.15, -0.1) is 0 Å². The average Bonchev–Trinajstić information content (AvgIpc) is 0.913. The van der Waals surface area contributed by atoms with Crippen LogP contribution < -0.4 is 0 Å². The van der Waals surface area contributed by atoms with Gasteiger partial charge in [-0.1, -0.05) is 257 Å². The van der Waals surface area contributed by atoms with Crippen LogP contribution in [0.25, 0.3) is 0 Å². The zero-order chi connectivity index (χ0) is 75.9. The van der Waals surface area contributed by atoms with E-state index in [-0.39, 0.29) is 32.5 Å². The average molecular weight is 1500 g/mol. The van der Waals surface area contributed by atoms with Crippen molar-refractivity contribution in [1.29, 1.82) is 0 Å². The molecule has 17 nitrogen and oxygen atoms in total. The van der Waals surface area contributed by atoms with Crippen molar-refractivity contribution >= 4 is 39.8 Å². The highest BCUT2D eigenvalue weighted by Crippen LogP contribution is 2.45. The van der Waals surface area contributed by atoms with Gasteiger partial charge in [0.1, 0.15) is 31.7 Å². The van der Waals surface area contributed by atoms with E-state index in [9.17, 15) is 43.2 Å². The largest absolute Gasteiger partial charge is 0.472 e. The minimum Gasteiger partial charge on any atom is -0.463 e. The standard InChI is InChI=1S/C85H144O17P2/c1-4-7-10-13-16-19-22-25-28-30-35-40-45-49-54-59-64-69-83(88)96-76-81(95-73-68-63-58-53-48-43-38-33-32-37-42-47-52-57-62-67-72-86)78-100-103(91,92)98-74-80(87)75-99-104(93,94)101-79-82(77-97-84(89)70-65-60-55-50-44-39-34-27-24-21-18-15-12-9-6-3)102-85(90)71-66-61-56-51-46-41-36-31-29-26-23-20-17-14-11-8-5-2/h16-21,25-29,32,34-37,40-41,49,51,54,56,72,80-82,87H,4-15,22-24,30-31,33,38-39,42-48,50,52-53,55,57-71,73-79H2,1-3H3,(H,91,92)(H,93,94)/b19-16-,20-17-,21-18-,28-25-,29-26-,34-27-,37-32-,40-35-,41-36-,54-49-,56-51-/t80-,81-,82-/m1/s1. The summed E-state index contributed by atoms with van der Waals surface area (Å²) in [6.07, 6.45) is 87.9. The quantitative estimate of drug-likeness (QED) is 0.0128. The number of hydrogen-bond donors (Lipinski definition) is 3. The summed E-state index contributed by atoms with van der Waals surface area (Å²) in [5.74, 6) is -1.60. The van der Waals surface area contributed by atoms with Crippen molar-refractivity contribution in [1.82, 2.24) is 0 Å². The molecule has 0 radical (unpaired) electrons. The summed E-state index contributed by atoms with van der Waals surface area (Å²) < 4.78 is 69.2. The summed E-state index contributed by atoms with van der Waals surface area (Å²) >= 11 is 0. The zero-order valence-corrected chi connectivity index (χ0v) is 66.7. The molecular formula is C85H144O17P2. The lowest BCUT2D eigenvalue weighted by Gasteiger charge is -2.21. The third kappa shape index (κ3) is 77.0. The van der Waals surface area contributed by atoms with Gasteiger partial charge >= 0.3 is 33.6 Å². The fraction of sp³-hybridized carbons (Fsp3) is 0.694. The summed E-state index contributed by atoms with van der Waals surface area (Å²) in [6.45, 7) is 3.29. The van der Waals surface area contributed by atoms with E-state index >= 15 is 0 Å². The molecule has 0 aromatic rings. The molecule has 0 rings (SSSR count). The van der Waals surface area contributed by atoms with Crippen LogP contribution in [0.3, 0.4) is 0 Å². The Bertz CT molecular complexity index is 2460. The van der Waals surface area contributed by atoms with Crippen molar-refractivity contribution in [3.05, 3.63) is 134 Å². The lowest BCUT2D eigenvalue weighted by Crippen LogP contribution is -2.30. The van der Waals surface area contributed by atoms with E-state index in [0.717, 1.165) is 180 Å². The van der Waals surface area contributed by atoms with Crippen molar-refractivity contribution in [3.8, 4) is 0 Å². The summed E-state index contributed by atoms with van der Waals surface area (Å²) in [5, 5.41) is 10.7. The van der Waals surface area contributed by atoms with E-state index in [1.165, 1.54) is 57.8 Å². The summed E-state index contributed by atoms with van der Waals surface area (Å²) in [6, 6.07) is 0. The molecule has 5 atom stereocenters. The molecule has 0 aliphatic rings. The van der Waals surface area contributed by atoms with Crippen molar-refractivity contribution in [2.24, 2.45) is 0 Å². The van der Waals surface area contributed by atoms with Gasteiger partial charge in [-0.25, -0.2) is 9.13 Å². The number of esters is 3. The van der Waals surface area contributed by atoms with Crippen LogP contribution in [-0.2, 0) is 65.4 Å². The molecule has 19 heteroatoms. The van der Waals surface area contributed by atoms with Gasteiger partial charge in [0.15, 0.2) is 6.10 Å². The van der Waals surface area contributed by atoms with E-state index < -0.39 is 84.9 Å². The highest BCUT2D eigenvalue weighted by molar-refractivity contribution is 7.47. The maximum absolute atomic E-state index is 13.1. The highest BCUT2D eigenvalue weighted by atomic mass is 31.2. The third-order valence-electron chi connectivity index (χ3n) is 16.6. The number of carbonyl (C=O) groups excluding carboxylic acids is 4. The Morgan fingerprint density at radius 1 is 0.308 bits per heavy atom. The first kappa shape index (κ1) is 99.4. The predicted octanol–water partition coefficient (Wildman–Crippen LogP) is 23.3. The molecule has 0 aliphatic heterocycles. The first-order valence-corrected chi connectivity index (χ1v) is 43.4. The fourth-order valence-corrected chi connectivity index (χ4v) is 11.9. The molecule has 0 aliphatic carbocycles. The van der Waals surface area contributed by atoms with Crippen LogP contribution in [0, 0.1) is 0 Å². The van der Waals surface area contributed by atoms with E-state index in [2.05, 4.69) is 136 Å². The van der Waals surface area contributed by atoms with Crippen molar-refractivity contribution in [3.63, 3.8) is 0 Å². The number of aliphatic hydroxyl groups is 1. The Morgan fingerprint density at radius 2 is 0.577 bits per heavy atom. The van der Waals surface area contributed by atoms with E-state index in [1.807, 2.05) is 18.2 Å². The van der Waals surface area contributed by atoms with Gasteiger partial charge in [0, 0.05) is 32.3 Å². The minimum atomic E-state index is -4.97. The van der Waals surface area contributed by atoms with E-state index in [0.29, 0.717) is 44.9 Å². The van der Waals surface area contributed by atoms with Crippen LogP contribution in [0.15, 0.2) is 134 Å². The van der Waals surface area contributed by atoms with Crippen molar-refractivity contribution in [2.45, 2.75) is 334 Å². The SMILES string of the molecule is CCCCC/C=C\C/C=C\C/C=C\C/C=C\CCCC(=O)OC[C@H](COP(=O)(O)OC[C@@H](O)COP(=O)(O)OC[C@@H](COC(=O)CCCCCCC/C=C\C/C=C\CCCCC)OC(=O)CCC/C=C\C/C=C\C/C=C\C/C=C\CCCCC)OCCCCCCCCC/C=C\CCCCCCC=O. The summed E-state index contributed by atoms with van der Waals surface area (Å²) in [5.41, 5.74) is 0. The van der Waals surface area contributed by atoms with E-state index in [4.69, 9.17) is 37.0 Å². The highest BCUT2D eigenvalue weighted by Gasteiger charge is 2.30. The van der Waals surface area contributed by atoms with Crippen LogP contribution in [0.5, 0.6) is 0 Å². The van der Waals surface area contributed by atoms with Gasteiger partial charge in [-0.3, -0.25) is 32.5 Å². The number of rotatable bonds is 77. The summed E-state index contributed by atoms with van der Waals surface area (Å²) in [4.78, 5) is 70.4. The Labute approximate surface area is 631 Å². The van der Waals surface area contributed by atoms with Crippen LogP contribution in [0.2, 0.25) is 0 Å². The van der Waals surface area contributed by atoms with Crippen LogP contribution >= 0.6 is 15.6 Å². The normalized spacial score (nSPS) is 14.6. The lowest BCUT2D eigenvalue weighted by atomic mass is 10.1. The molecule has 0 heterocycles. The molecule has 0 aromatic heterocycles. The Balaban J connectivity index is 5.41. The number of allylic oxidation sites excluding steroid dienone is 22. The number of ether oxygens (including phenoxy) is 4. The van der Waals surface area contributed by atoms with Gasteiger partial charge in [0.25, 0.3) is 0 Å². The Kier molecular flexibility index (Phi) is 74.5. The van der Waals surface area contributed by atoms with Crippen LogP contribution in [0.4, 0.5) is 0 Å². The predicted molar refractivity (Wildman–Crippen MR) is 427 cm³/mol. The van der Waals surface area contributed by atoms with E-state index in [1.54, 1.807) is 0 Å². The molecule has 2 unspecified atom stereocenters. The molecule has 0 amide bonds. The number of phosphoric ester groups is 2. The Morgan fingerprint density at radius 3 is 0.952 bits per heavy atom. The maximum atomic E-state index is 13.1. The van der Waals surface area contributed by atoms with Crippen molar-refractivity contribution in [2.75, 3.05) is 46.2 Å². The molecule has 0 spiro atoms. The molecular weight excluding hydrogens is 1350 g/mol. The number of carbonyl (C=O) groups is 4. The number of phosphoric acid groups is 2. The monoisotopic (exact) mass is 1500 g/mol. The number of unbranched alkanes of at least 4 members (excludes halogenated alkanes) is 28. The van der Waals surface area contributed by atoms with Crippen LogP contribution in [-0.4, -0.2) is 104 Å². The second-order valence-electron chi connectivity index (χ2n) is 26.6. The third-order valence-corrected chi connectivity index (χ3v) is 18.5. The molecule has 3 N–H and O–H groups in total. The number of hydrogen-bond acceptors (Lipinski definition) is 15. The van der Waals surface area contributed by atoms with Gasteiger partial charge in [0.05, 0.1) is 26.4 Å². The van der Waals surface area contributed by atoms with Gasteiger partial charge < -0.3 is 38.6 Å². The molecule has 596 valence electrons. The molecule has 0 saturated heterocycles. The smallest absolute Gasteiger partial charge is 0.463 e. The first-order valence-electron chi connectivity index (χ1n) is 40.4. The maximum Gasteiger partial charge on any atom is 0.472 e. The second-order valence-corrected chi connectivity index (χ2v) is 29.5. The number of aliphatic hydroxyl groups excluding tert-OH is 1. The van der Waals surface area contributed by atoms with Gasteiger partial charge in [0.2, 0.25) is 0 Å². The first-order chi connectivity index (χ1) is 50.8. The molecule has 104 heavy (non-hydrogen) atoms. The zero-order valence-electron chi connectivity index (χ0n) is 64.9. The molecule has 0 fully saturated rings. The minimum absolute atomic E-state index is 0.0235. The summed E-state index contributed by atoms with van der Waals surface area (Å²) in [7, 11) is -9.85. The van der Waals surface area contributed by atoms with Crippen LogP contribution in [0.1, 0.15) is 316 Å². The fourth-order valence-electron chi connectivity index (χ4n) is 10.4. The molecule has 0 saturated carbocycles.